The lowest BCUT2D eigenvalue weighted by atomic mass is 10.1. The van der Waals surface area contributed by atoms with E-state index in [-0.39, 0.29) is 5.69 Å². The second-order valence-electron chi connectivity index (χ2n) is 5.12. The molecule has 7 heteroatoms. The van der Waals surface area contributed by atoms with Gasteiger partial charge in [-0.15, -0.1) is 0 Å². The zero-order valence-electron chi connectivity index (χ0n) is 12.7. The molecule has 0 saturated carbocycles. The molecule has 22 heavy (non-hydrogen) atoms. The molecule has 0 fully saturated rings. The van der Waals surface area contributed by atoms with E-state index in [0.717, 1.165) is 17.0 Å². The van der Waals surface area contributed by atoms with Gasteiger partial charge in [-0.05, 0) is 19.4 Å². The van der Waals surface area contributed by atoms with Gasteiger partial charge in [0.05, 0.1) is 18.8 Å². The van der Waals surface area contributed by atoms with E-state index in [2.05, 4.69) is 20.3 Å². The standard InChI is InChI=1S/C15H18N6O/c1-3-21-17-11(2)13(18-21)10-20-15(22)16-14(19-20)9-12-7-5-4-6-8-12/h4-8H,3,9-10H2,1-2H3,(H,16,19,22). The molecule has 0 saturated heterocycles. The summed E-state index contributed by atoms with van der Waals surface area (Å²) in [7, 11) is 0. The second-order valence-corrected chi connectivity index (χ2v) is 5.12. The molecule has 114 valence electrons. The largest absolute Gasteiger partial charge is 0.343 e. The first-order valence-corrected chi connectivity index (χ1v) is 7.26. The summed E-state index contributed by atoms with van der Waals surface area (Å²) < 4.78 is 1.40. The van der Waals surface area contributed by atoms with E-state index in [1.54, 1.807) is 4.80 Å². The number of aromatic nitrogens is 6. The summed E-state index contributed by atoms with van der Waals surface area (Å²) in [5, 5.41) is 13.0. The first-order chi connectivity index (χ1) is 10.7. The minimum atomic E-state index is -0.226. The molecule has 1 aromatic carbocycles. The number of benzene rings is 1. The summed E-state index contributed by atoms with van der Waals surface area (Å²) in [6.07, 6.45) is 0.601. The number of aryl methyl sites for hydroxylation is 2. The zero-order chi connectivity index (χ0) is 15.5. The number of rotatable bonds is 5. The number of H-pyrrole nitrogens is 1. The lowest BCUT2D eigenvalue weighted by Gasteiger charge is -1.97. The van der Waals surface area contributed by atoms with Gasteiger partial charge in [-0.25, -0.2) is 9.48 Å². The van der Waals surface area contributed by atoms with E-state index in [0.29, 0.717) is 25.3 Å². The Kier molecular flexibility index (Phi) is 3.86. The van der Waals surface area contributed by atoms with Gasteiger partial charge in [0, 0.05) is 6.42 Å². The summed E-state index contributed by atoms with van der Waals surface area (Å²) in [6, 6.07) is 9.92. The topological polar surface area (TPSA) is 81.4 Å². The Labute approximate surface area is 127 Å². The molecule has 0 radical (unpaired) electrons. The fourth-order valence-electron chi connectivity index (χ4n) is 2.27. The molecular formula is C15H18N6O. The highest BCUT2D eigenvalue weighted by Gasteiger charge is 2.11. The van der Waals surface area contributed by atoms with Crippen molar-refractivity contribution in [3.63, 3.8) is 0 Å². The quantitative estimate of drug-likeness (QED) is 0.765. The summed E-state index contributed by atoms with van der Waals surface area (Å²) in [5.41, 5.74) is 2.47. The van der Waals surface area contributed by atoms with Gasteiger partial charge in [0.15, 0.2) is 0 Å². The van der Waals surface area contributed by atoms with Gasteiger partial charge >= 0.3 is 5.69 Å². The Bertz CT molecular complexity index is 814. The highest BCUT2D eigenvalue weighted by atomic mass is 16.1. The molecule has 1 N–H and O–H groups in total. The molecule has 0 amide bonds. The van der Waals surface area contributed by atoms with Crippen molar-refractivity contribution in [3.05, 3.63) is 63.6 Å². The molecule has 2 heterocycles. The van der Waals surface area contributed by atoms with Gasteiger partial charge < -0.3 is 0 Å². The predicted octanol–water partition coefficient (Wildman–Crippen LogP) is 1.13. The molecule has 0 spiro atoms. The monoisotopic (exact) mass is 298 g/mol. The Hall–Kier alpha value is -2.70. The molecule has 3 rings (SSSR count). The molecule has 7 nitrogen and oxygen atoms in total. The van der Waals surface area contributed by atoms with Crippen LogP contribution < -0.4 is 5.69 Å². The van der Waals surface area contributed by atoms with Crippen LogP contribution in [0.1, 0.15) is 29.7 Å². The molecule has 0 unspecified atom stereocenters. The molecule has 0 aliphatic heterocycles. The lowest BCUT2D eigenvalue weighted by Crippen LogP contribution is -2.19. The minimum Gasteiger partial charge on any atom is -0.292 e. The Morgan fingerprint density at radius 1 is 1.14 bits per heavy atom. The first kappa shape index (κ1) is 14.2. The number of hydrogen-bond acceptors (Lipinski definition) is 4. The van der Waals surface area contributed by atoms with Crippen LogP contribution in [0.25, 0.3) is 0 Å². The van der Waals surface area contributed by atoms with Crippen molar-refractivity contribution in [2.45, 2.75) is 33.4 Å². The summed E-state index contributed by atoms with van der Waals surface area (Å²) >= 11 is 0. The third-order valence-corrected chi connectivity index (χ3v) is 3.44. The minimum absolute atomic E-state index is 0.226. The third kappa shape index (κ3) is 2.98. The van der Waals surface area contributed by atoms with Crippen LogP contribution in [0.5, 0.6) is 0 Å². The van der Waals surface area contributed by atoms with Crippen LogP contribution in [0.4, 0.5) is 0 Å². The van der Waals surface area contributed by atoms with Gasteiger partial charge in [0.25, 0.3) is 0 Å². The maximum atomic E-state index is 12.0. The second kappa shape index (κ2) is 5.97. The molecule has 0 aliphatic rings. The average molecular weight is 298 g/mol. The number of aromatic amines is 1. The van der Waals surface area contributed by atoms with Crippen LogP contribution >= 0.6 is 0 Å². The molecule has 0 bridgehead atoms. The first-order valence-electron chi connectivity index (χ1n) is 7.26. The highest BCUT2D eigenvalue weighted by molar-refractivity contribution is 5.18. The predicted molar refractivity (Wildman–Crippen MR) is 81.6 cm³/mol. The van der Waals surface area contributed by atoms with Crippen LogP contribution in [0.2, 0.25) is 0 Å². The molecule has 0 atom stereocenters. The van der Waals surface area contributed by atoms with Crippen molar-refractivity contribution in [1.82, 2.24) is 29.8 Å². The van der Waals surface area contributed by atoms with Crippen molar-refractivity contribution in [2.75, 3.05) is 0 Å². The van der Waals surface area contributed by atoms with Crippen molar-refractivity contribution in [1.29, 1.82) is 0 Å². The van der Waals surface area contributed by atoms with Gasteiger partial charge in [0.1, 0.15) is 11.5 Å². The molecular weight excluding hydrogens is 280 g/mol. The van der Waals surface area contributed by atoms with Crippen molar-refractivity contribution < 1.29 is 0 Å². The van der Waals surface area contributed by atoms with E-state index in [1.165, 1.54) is 4.68 Å². The zero-order valence-corrected chi connectivity index (χ0v) is 12.7. The lowest BCUT2D eigenvalue weighted by molar-refractivity contribution is 0.552. The van der Waals surface area contributed by atoms with Gasteiger partial charge in [0.2, 0.25) is 0 Å². The van der Waals surface area contributed by atoms with E-state index in [4.69, 9.17) is 0 Å². The molecule has 3 aromatic rings. The van der Waals surface area contributed by atoms with Crippen LogP contribution in [0.3, 0.4) is 0 Å². The molecule has 2 aromatic heterocycles. The van der Waals surface area contributed by atoms with Gasteiger partial charge in [-0.1, -0.05) is 30.3 Å². The normalized spacial score (nSPS) is 11.0. The summed E-state index contributed by atoms with van der Waals surface area (Å²) in [6.45, 7) is 4.89. The summed E-state index contributed by atoms with van der Waals surface area (Å²) in [5.74, 6) is 0.650. The number of hydrogen-bond donors (Lipinski definition) is 1. The van der Waals surface area contributed by atoms with Crippen molar-refractivity contribution in [3.8, 4) is 0 Å². The fourth-order valence-corrected chi connectivity index (χ4v) is 2.27. The van der Waals surface area contributed by atoms with E-state index < -0.39 is 0 Å². The van der Waals surface area contributed by atoms with Crippen LogP contribution in [-0.2, 0) is 19.5 Å². The SMILES string of the molecule is CCn1nc(C)c(Cn2nc(Cc3ccccc3)[nH]c2=O)n1. The Balaban J connectivity index is 1.80. The number of nitrogens with one attached hydrogen (secondary N) is 1. The van der Waals surface area contributed by atoms with Gasteiger partial charge in [-0.3, -0.25) is 4.98 Å². The smallest absolute Gasteiger partial charge is 0.292 e. The third-order valence-electron chi connectivity index (χ3n) is 3.44. The van der Waals surface area contributed by atoms with Crippen molar-refractivity contribution in [2.24, 2.45) is 0 Å². The van der Waals surface area contributed by atoms with E-state index >= 15 is 0 Å². The highest BCUT2D eigenvalue weighted by Crippen LogP contribution is 2.05. The maximum absolute atomic E-state index is 12.0. The summed E-state index contributed by atoms with van der Waals surface area (Å²) in [4.78, 5) is 16.4. The van der Waals surface area contributed by atoms with Crippen LogP contribution in [0.15, 0.2) is 35.1 Å². The Morgan fingerprint density at radius 2 is 1.91 bits per heavy atom. The van der Waals surface area contributed by atoms with Crippen LogP contribution in [-0.4, -0.2) is 29.8 Å². The number of nitrogens with zero attached hydrogens (tertiary/aromatic N) is 5. The maximum Gasteiger partial charge on any atom is 0.343 e. The average Bonchev–Trinajstić information content (AvgIpc) is 3.04. The van der Waals surface area contributed by atoms with E-state index in [1.807, 2.05) is 44.2 Å². The molecule has 0 aliphatic carbocycles. The van der Waals surface area contributed by atoms with E-state index in [9.17, 15) is 4.79 Å². The van der Waals surface area contributed by atoms with Crippen LogP contribution in [0, 0.1) is 6.92 Å². The fraction of sp³-hybridized carbons (Fsp3) is 0.333. The van der Waals surface area contributed by atoms with Crippen molar-refractivity contribution >= 4 is 0 Å². The van der Waals surface area contributed by atoms with Gasteiger partial charge in [-0.2, -0.15) is 20.1 Å². The Morgan fingerprint density at radius 3 is 2.59 bits per heavy atom.